The summed E-state index contributed by atoms with van der Waals surface area (Å²) in [6, 6.07) is 8.28. The predicted molar refractivity (Wildman–Crippen MR) is 78.3 cm³/mol. The lowest BCUT2D eigenvalue weighted by atomic mass is 10.1. The summed E-state index contributed by atoms with van der Waals surface area (Å²) in [5.41, 5.74) is 1.28. The van der Waals surface area contributed by atoms with Gasteiger partial charge in [-0.3, -0.25) is 4.90 Å². The number of nitrogens with zero attached hydrogens (tertiary/aromatic N) is 1. The van der Waals surface area contributed by atoms with Gasteiger partial charge in [0, 0.05) is 6.54 Å². The molecular weight excluding hydrogens is 222 g/mol. The summed E-state index contributed by atoms with van der Waals surface area (Å²) in [6.07, 6.45) is 4.10. The third-order valence-corrected chi connectivity index (χ3v) is 3.15. The van der Waals surface area contributed by atoms with Crippen molar-refractivity contribution in [1.29, 1.82) is 0 Å². The fourth-order valence-electron chi connectivity index (χ4n) is 2.11. The minimum Gasteiger partial charge on any atom is -0.492 e. The van der Waals surface area contributed by atoms with Gasteiger partial charge in [-0.1, -0.05) is 38.0 Å². The molecule has 0 atom stereocenters. The molecule has 0 radical (unpaired) electrons. The second kappa shape index (κ2) is 8.98. The van der Waals surface area contributed by atoms with Crippen LogP contribution in [-0.4, -0.2) is 31.1 Å². The first kappa shape index (κ1) is 15.0. The topological polar surface area (TPSA) is 12.5 Å². The third kappa shape index (κ3) is 5.54. The summed E-state index contributed by atoms with van der Waals surface area (Å²) >= 11 is 0. The summed E-state index contributed by atoms with van der Waals surface area (Å²) in [6.45, 7) is 10.5. The van der Waals surface area contributed by atoms with Crippen molar-refractivity contribution in [3.05, 3.63) is 29.8 Å². The van der Waals surface area contributed by atoms with Crippen LogP contribution in [0.1, 0.15) is 38.7 Å². The molecule has 0 spiro atoms. The zero-order valence-electron chi connectivity index (χ0n) is 12.1. The first-order chi connectivity index (χ1) is 8.84. The van der Waals surface area contributed by atoms with Crippen LogP contribution in [0.3, 0.4) is 0 Å². The van der Waals surface area contributed by atoms with Gasteiger partial charge in [0.2, 0.25) is 0 Å². The van der Waals surface area contributed by atoms with Crippen LogP contribution in [0.2, 0.25) is 0 Å². The van der Waals surface area contributed by atoms with Gasteiger partial charge < -0.3 is 4.74 Å². The number of hydrogen-bond donors (Lipinski definition) is 0. The van der Waals surface area contributed by atoms with Crippen molar-refractivity contribution in [2.75, 3.05) is 26.2 Å². The van der Waals surface area contributed by atoms with Gasteiger partial charge in [0.15, 0.2) is 0 Å². The van der Waals surface area contributed by atoms with Crippen LogP contribution in [-0.2, 0) is 0 Å². The molecule has 0 amide bonds. The van der Waals surface area contributed by atoms with Crippen molar-refractivity contribution >= 4 is 0 Å². The molecule has 1 saturated heterocycles. The maximum atomic E-state index is 5.72. The van der Waals surface area contributed by atoms with Crippen LogP contribution < -0.4 is 4.74 Å². The molecule has 18 heavy (non-hydrogen) atoms. The lowest BCUT2D eigenvalue weighted by molar-refractivity contribution is 0.183. The fraction of sp³-hybridized carbons (Fsp3) is 0.625. The van der Waals surface area contributed by atoms with Crippen LogP contribution >= 0.6 is 0 Å². The maximum Gasteiger partial charge on any atom is 0.119 e. The largest absolute Gasteiger partial charge is 0.492 e. The summed E-state index contributed by atoms with van der Waals surface area (Å²) in [4.78, 5) is 2.50. The predicted octanol–water partition coefficient (Wildman–Crippen LogP) is 3.89. The second-order valence-corrected chi connectivity index (χ2v) is 4.56. The summed E-state index contributed by atoms with van der Waals surface area (Å²) in [5, 5.41) is 0. The lowest BCUT2D eigenvalue weighted by Gasteiger charge is -2.26. The van der Waals surface area contributed by atoms with Gasteiger partial charge in [-0.2, -0.15) is 0 Å². The van der Waals surface area contributed by atoms with Crippen molar-refractivity contribution in [1.82, 2.24) is 4.90 Å². The van der Waals surface area contributed by atoms with E-state index in [9.17, 15) is 0 Å². The van der Waals surface area contributed by atoms with Crippen molar-refractivity contribution in [3.63, 3.8) is 0 Å². The van der Waals surface area contributed by atoms with Crippen molar-refractivity contribution in [3.8, 4) is 5.75 Å². The number of rotatable bonds is 4. The Morgan fingerprint density at radius 2 is 1.61 bits per heavy atom. The van der Waals surface area contributed by atoms with E-state index in [1.54, 1.807) is 0 Å². The Labute approximate surface area is 112 Å². The zero-order chi connectivity index (χ0) is 13.2. The number of likely N-dealkylation sites (tertiary alicyclic amines) is 1. The van der Waals surface area contributed by atoms with E-state index < -0.39 is 0 Å². The molecule has 2 heteroatoms. The van der Waals surface area contributed by atoms with Crippen LogP contribution in [0.25, 0.3) is 0 Å². The molecule has 0 unspecified atom stereocenters. The van der Waals surface area contributed by atoms with Crippen molar-refractivity contribution in [2.24, 2.45) is 0 Å². The molecular formula is C16H27NO. The highest BCUT2D eigenvalue weighted by Crippen LogP contribution is 2.12. The quantitative estimate of drug-likeness (QED) is 0.803. The lowest BCUT2D eigenvalue weighted by Crippen LogP contribution is -2.33. The molecule has 0 aromatic heterocycles. The highest BCUT2D eigenvalue weighted by atomic mass is 16.5. The Bertz CT molecular complexity index is 301. The number of hydrogen-bond acceptors (Lipinski definition) is 2. The molecule has 1 aromatic carbocycles. The second-order valence-electron chi connectivity index (χ2n) is 4.56. The third-order valence-electron chi connectivity index (χ3n) is 3.15. The molecule has 0 bridgehead atoms. The maximum absolute atomic E-state index is 5.72. The van der Waals surface area contributed by atoms with E-state index in [4.69, 9.17) is 4.74 Å². The minimum absolute atomic E-state index is 0.809. The van der Waals surface area contributed by atoms with Crippen LogP contribution in [0.15, 0.2) is 24.3 Å². The summed E-state index contributed by atoms with van der Waals surface area (Å²) in [7, 11) is 0. The molecule has 102 valence electrons. The van der Waals surface area contributed by atoms with E-state index in [1.807, 2.05) is 26.0 Å². The number of piperidine rings is 1. The minimum atomic E-state index is 0.809. The van der Waals surface area contributed by atoms with Gasteiger partial charge in [-0.25, -0.2) is 0 Å². The number of benzene rings is 1. The summed E-state index contributed by atoms with van der Waals surface area (Å²) < 4.78 is 5.72. The molecule has 2 nitrogen and oxygen atoms in total. The molecule has 1 aromatic rings. The SMILES string of the molecule is CC.Cc1ccc(OCCN2CCCCC2)cc1. The molecule has 1 fully saturated rings. The standard InChI is InChI=1S/C14H21NO.C2H6/c1-13-5-7-14(8-6-13)16-12-11-15-9-3-2-4-10-15;1-2/h5-8H,2-4,9-12H2,1H3;1-2H3. The average molecular weight is 249 g/mol. The zero-order valence-corrected chi connectivity index (χ0v) is 12.1. The highest BCUT2D eigenvalue weighted by molar-refractivity contribution is 5.26. The Kier molecular flexibility index (Phi) is 7.51. The molecule has 0 saturated carbocycles. The van der Waals surface area contributed by atoms with E-state index in [-0.39, 0.29) is 0 Å². The molecule has 1 heterocycles. The van der Waals surface area contributed by atoms with Gasteiger partial charge in [0.1, 0.15) is 12.4 Å². The smallest absolute Gasteiger partial charge is 0.119 e. The molecule has 0 N–H and O–H groups in total. The molecule has 1 aliphatic rings. The first-order valence-corrected chi connectivity index (χ1v) is 7.26. The average Bonchev–Trinajstić information content (AvgIpc) is 2.44. The molecule has 0 aliphatic carbocycles. The summed E-state index contributed by atoms with van der Waals surface area (Å²) in [5.74, 6) is 0.989. The highest BCUT2D eigenvalue weighted by Gasteiger charge is 2.09. The Balaban J connectivity index is 0.000000771. The van der Waals surface area contributed by atoms with Gasteiger partial charge in [-0.15, -0.1) is 0 Å². The number of ether oxygens (including phenoxy) is 1. The Morgan fingerprint density at radius 1 is 1.00 bits per heavy atom. The van der Waals surface area contributed by atoms with Gasteiger partial charge in [0.05, 0.1) is 0 Å². The van der Waals surface area contributed by atoms with E-state index in [1.165, 1.54) is 37.9 Å². The fourth-order valence-corrected chi connectivity index (χ4v) is 2.11. The van der Waals surface area contributed by atoms with Crippen molar-refractivity contribution in [2.45, 2.75) is 40.0 Å². The normalized spacial score (nSPS) is 15.7. The molecule has 2 rings (SSSR count). The molecule has 1 aliphatic heterocycles. The Hall–Kier alpha value is -1.02. The number of aryl methyl sites for hydroxylation is 1. The van der Waals surface area contributed by atoms with E-state index in [0.717, 1.165) is 18.9 Å². The van der Waals surface area contributed by atoms with E-state index in [0.29, 0.717) is 0 Å². The monoisotopic (exact) mass is 249 g/mol. The van der Waals surface area contributed by atoms with Gasteiger partial charge in [0.25, 0.3) is 0 Å². The Morgan fingerprint density at radius 3 is 2.22 bits per heavy atom. The van der Waals surface area contributed by atoms with Crippen LogP contribution in [0.5, 0.6) is 5.75 Å². The van der Waals surface area contributed by atoms with Crippen LogP contribution in [0.4, 0.5) is 0 Å². The van der Waals surface area contributed by atoms with Crippen molar-refractivity contribution < 1.29 is 4.74 Å². The van der Waals surface area contributed by atoms with E-state index in [2.05, 4.69) is 24.0 Å². The van der Waals surface area contributed by atoms with Crippen LogP contribution in [0, 0.1) is 6.92 Å². The van der Waals surface area contributed by atoms with Gasteiger partial charge >= 0.3 is 0 Å². The first-order valence-electron chi connectivity index (χ1n) is 7.26. The van der Waals surface area contributed by atoms with Gasteiger partial charge in [-0.05, 0) is 45.0 Å². The van der Waals surface area contributed by atoms with E-state index >= 15 is 0 Å².